The number of para-hydroxylation sites is 1. The van der Waals surface area contributed by atoms with E-state index in [-0.39, 0.29) is 35.5 Å². The lowest BCUT2D eigenvalue weighted by Crippen LogP contribution is -2.34. The van der Waals surface area contributed by atoms with Crippen molar-refractivity contribution in [3.63, 3.8) is 0 Å². The van der Waals surface area contributed by atoms with Crippen molar-refractivity contribution in [2.75, 3.05) is 6.61 Å². The minimum absolute atomic E-state index is 0.0304. The molecule has 0 saturated heterocycles. The molecule has 0 aliphatic carbocycles. The first-order valence-electron chi connectivity index (χ1n) is 14.9. The third-order valence-corrected chi connectivity index (χ3v) is 9.00. The number of carboxylic acids is 2. The van der Waals surface area contributed by atoms with E-state index in [4.69, 9.17) is 15.2 Å². The van der Waals surface area contributed by atoms with E-state index in [1.54, 1.807) is 68.4 Å². The number of hydrogen-bond acceptors (Lipinski definition) is 8. The highest BCUT2D eigenvalue weighted by atomic mass is 32.2. The smallest absolute Gasteiger partial charge is 0.335 e. The lowest BCUT2D eigenvalue weighted by Gasteiger charge is -2.31. The lowest BCUT2D eigenvalue weighted by atomic mass is 9.81. The van der Waals surface area contributed by atoms with Crippen molar-refractivity contribution in [2.24, 2.45) is 11.1 Å². The van der Waals surface area contributed by atoms with Gasteiger partial charge in [0.05, 0.1) is 35.5 Å². The Morgan fingerprint density at radius 2 is 1.74 bits per heavy atom. The fraction of sp³-hybridized carbons (Fsp3) is 0.353. The van der Waals surface area contributed by atoms with Gasteiger partial charge in [-0.25, -0.2) is 17.9 Å². The zero-order valence-corrected chi connectivity index (χ0v) is 27.6. The van der Waals surface area contributed by atoms with Gasteiger partial charge in [-0.2, -0.15) is 0 Å². The number of aromatic carboxylic acids is 1. The van der Waals surface area contributed by atoms with Gasteiger partial charge in [0.25, 0.3) is 0 Å². The van der Waals surface area contributed by atoms with Crippen molar-refractivity contribution >= 4 is 22.0 Å². The molecule has 12 heteroatoms. The molecule has 11 nitrogen and oxygen atoms in total. The zero-order chi connectivity index (χ0) is 34.1. The van der Waals surface area contributed by atoms with Gasteiger partial charge in [-0.1, -0.05) is 49.4 Å². The van der Waals surface area contributed by atoms with Crippen LogP contribution in [0.25, 0.3) is 0 Å². The van der Waals surface area contributed by atoms with Crippen LogP contribution >= 0.6 is 0 Å². The Morgan fingerprint density at radius 3 is 2.41 bits per heavy atom. The second-order valence-electron chi connectivity index (χ2n) is 11.6. The average Bonchev–Trinajstić information content (AvgIpc) is 3.01. The molecule has 1 unspecified atom stereocenters. The van der Waals surface area contributed by atoms with Gasteiger partial charge in [0, 0.05) is 19.3 Å². The van der Waals surface area contributed by atoms with Gasteiger partial charge in [0.2, 0.25) is 10.0 Å². The van der Waals surface area contributed by atoms with Crippen molar-refractivity contribution in [3.8, 4) is 5.75 Å². The van der Waals surface area contributed by atoms with Crippen LogP contribution in [0.3, 0.4) is 0 Å². The molecular formula is C34H43N3O8S. The number of hydrogen-bond donors (Lipinski definition) is 5. The van der Waals surface area contributed by atoms with Crippen LogP contribution in [-0.2, 0) is 32.6 Å². The van der Waals surface area contributed by atoms with E-state index >= 15 is 0 Å². The summed E-state index contributed by atoms with van der Waals surface area (Å²) in [7, 11) is -3.95. The summed E-state index contributed by atoms with van der Waals surface area (Å²) in [5.41, 5.74) is 7.98. The number of benzene rings is 3. The summed E-state index contributed by atoms with van der Waals surface area (Å²) in [4.78, 5) is 23.5. The lowest BCUT2D eigenvalue weighted by molar-refractivity contribution is -0.156. The predicted octanol–water partition coefficient (Wildman–Crippen LogP) is 5.11. The number of carboxylic acid groups (broad SMARTS) is 2. The van der Waals surface area contributed by atoms with E-state index in [9.17, 15) is 28.2 Å². The summed E-state index contributed by atoms with van der Waals surface area (Å²) < 4.78 is 41.3. The second kappa shape index (κ2) is 15.7. The Labute approximate surface area is 270 Å². The molecule has 3 rings (SSSR count). The van der Waals surface area contributed by atoms with E-state index in [0.717, 1.165) is 11.1 Å². The van der Waals surface area contributed by atoms with Gasteiger partial charge in [-0.15, -0.1) is 0 Å². The van der Waals surface area contributed by atoms with Gasteiger partial charge < -0.3 is 30.7 Å². The maximum atomic E-state index is 13.3. The molecule has 0 amide bonds. The largest absolute Gasteiger partial charge is 0.489 e. The van der Waals surface area contributed by atoms with E-state index in [0.29, 0.717) is 29.8 Å². The quantitative estimate of drug-likeness (QED) is 0.132. The minimum atomic E-state index is -3.95. The highest BCUT2D eigenvalue weighted by molar-refractivity contribution is 7.89. The van der Waals surface area contributed by atoms with E-state index in [1.165, 1.54) is 18.3 Å². The summed E-state index contributed by atoms with van der Waals surface area (Å²) in [5, 5.41) is 22.3. The van der Waals surface area contributed by atoms with Gasteiger partial charge in [-0.05, 0) is 80.6 Å². The van der Waals surface area contributed by atoms with Crippen LogP contribution in [-0.4, -0.2) is 43.3 Å². The van der Waals surface area contributed by atoms with Gasteiger partial charge >= 0.3 is 11.9 Å². The predicted molar refractivity (Wildman–Crippen MR) is 175 cm³/mol. The van der Waals surface area contributed by atoms with Crippen molar-refractivity contribution < 1.29 is 37.7 Å². The third kappa shape index (κ3) is 9.56. The fourth-order valence-corrected chi connectivity index (χ4v) is 5.67. The van der Waals surface area contributed by atoms with E-state index < -0.39 is 33.5 Å². The first-order valence-corrected chi connectivity index (χ1v) is 16.3. The van der Waals surface area contributed by atoms with E-state index in [1.807, 2.05) is 20.8 Å². The molecule has 3 aromatic rings. The van der Waals surface area contributed by atoms with Crippen LogP contribution in [0.5, 0.6) is 5.75 Å². The molecule has 46 heavy (non-hydrogen) atoms. The number of ether oxygens (including phenoxy) is 2. The highest BCUT2D eigenvalue weighted by Crippen LogP contribution is 2.38. The van der Waals surface area contributed by atoms with Crippen LogP contribution in [0.2, 0.25) is 0 Å². The van der Waals surface area contributed by atoms with Crippen LogP contribution in [0.4, 0.5) is 0 Å². The molecule has 6 N–H and O–H groups in total. The number of carbonyl (C=O) groups is 2. The molecule has 0 fully saturated rings. The summed E-state index contributed by atoms with van der Waals surface area (Å²) in [6, 6.07) is 18.2. The van der Waals surface area contributed by atoms with Crippen LogP contribution in [0.1, 0.15) is 72.8 Å². The molecule has 0 spiro atoms. The highest BCUT2D eigenvalue weighted by Gasteiger charge is 2.39. The average molecular weight is 654 g/mol. The normalized spacial score (nSPS) is 13.5. The SMILES string of the molecule is CC[C@H](C)Oc1ccccc1S(=O)(=O)NCc1cc(C(OC/C(N)=C/NCc2cccc(C(=O)O)c2)C(C)(C)C(=O)O)ccc1C. The molecular weight excluding hydrogens is 610 g/mol. The Morgan fingerprint density at radius 1 is 1.02 bits per heavy atom. The molecule has 3 aromatic carbocycles. The van der Waals surface area contributed by atoms with Crippen molar-refractivity contribution in [1.29, 1.82) is 0 Å². The minimum Gasteiger partial charge on any atom is -0.489 e. The molecule has 0 heterocycles. The molecule has 248 valence electrons. The molecule has 0 saturated carbocycles. The standard InChI is InChI=1S/C34H43N3O8S/c1-6-23(3)45-29-12-7-8-13-30(29)46(42,43)37-19-27-17-25(15-14-22(27)2)31(34(4,5)33(40)41)44-21-28(35)20-36-18-24-10-9-11-26(16-24)32(38)39/h7-17,20,23,31,36-37H,6,18-19,21,35H2,1-5H3,(H,38,39)(H,40,41)/b28-20-/t23-,31?/m0/s1. The first-order chi connectivity index (χ1) is 21.6. The molecule has 0 radical (unpaired) electrons. The van der Waals surface area contributed by atoms with Gasteiger partial charge in [0.1, 0.15) is 10.6 Å². The molecule has 0 bridgehead atoms. The second-order valence-corrected chi connectivity index (χ2v) is 13.4. The summed E-state index contributed by atoms with van der Waals surface area (Å²) in [6.45, 7) is 8.91. The Kier molecular flexibility index (Phi) is 12.4. The number of nitrogens with two attached hydrogens (primary N) is 1. The molecule has 0 aromatic heterocycles. The monoisotopic (exact) mass is 653 g/mol. The van der Waals surface area contributed by atoms with Crippen LogP contribution in [0, 0.1) is 12.3 Å². The Hall–Kier alpha value is -4.39. The first kappa shape index (κ1) is 36.1. The van der Waals surface area contributed by atoms with Crippen molar-refractivity contribution in [3.05, 3.63) is 106 Å². The molecule has 0 aliphatic rings. The number of aryl methyl sites for hydroxylation is 1. The van der Waals surface area contributed by atoms with Crippen molar-refractivity contribution in [1.82, 2.24) is 10.0 Å². The van der Waals surface area contributed by atoms with Gasteiger partial charge in [0.15, 0.2) is 0 Å². The van der Waals surface area contributed by atoms with Crippen LogP contribution < -0.4 is 20.5 Å². The zero-order valence-electron chi connectivity index (χ0n) is 26.7. The summed E-state index contributed by atoms with van der Waals surface area (Å²) in [5.74, 6) is -1.84. The fourth-order valence-electron chi connectivity index (χ4n) is 4.53. The number of sulfonamides is 1. The maximum absolute atomic E-state index is 13.3. The van der Waals surface area contributed by atoms with Crippen molar-refractivity contribution in [2.45, 2.75) is 71.2 Å². The number of nitrogens with one attached hydrogen (secondary N) is 2. The van der Waals surface area contributed by atoms with Crippen LogP contribution in [0.15, 0.2) is 83.5 Å². The Bertz CT molecular complexity index is 1670. The topological polar surface area (TPSA) is 177 Å². The maximum Gasteiger partial charge on any atom is 0.335 e. The third-order valence-electron chi connectivity index (χ3n) is 7.56. The Balaban J connectivity index is 1.78. The van der Waals surface area contributed by atoms with E-state index in [2.05, 4.69) is 10.0 Å². The summed E-state index contributed by atoms with van der Waals surface area (Å²) >= 11 is 0. The molecule has 0 aliphatic heterocycles. The number of aliphatic carboxylic acids is 1. The number of rotatable bonds is 17. The summed E-state index contributed by atoms with van der Waals surface area (Å²) in [6.07, 6.45) is 1.13. The van der Waals surface area contributed by atoms with Gasteiger partial charge in [-0.3, -0.25) is 4.79 Å². The molecule has 2 atom stereocenters.